The van der Waals surface area contributed by atoms with E-state index in [-0.39, 0.29) is 30.5 Å². The minimum Gasteiger partial charge on any atom is -0.486 e. The monoisotopic (exact) mass is 393 g/mol. The molecule has 3 aromatic carbocycles. The number of fused-ring (bicyclic) bond motifs is 1. The molecule has 0 aromatic heterocycles. The predicted molar refractivity (Wildman–Crippen MR) is 103 cm³/mol. The summed E-state index contributed by atoms with van der Waals surface area (Å²) in [6.07, 6.45) is -0.442. The van der Waals surface area contributed by atoms with Crippen LogP contribution in [0.4, 0.5) is 8.78 Å². The van der Waals surface area contributed by atoms with Gasteiger partial charge in [-0.2, -0.15) is 0 Å². The lowest BCUT2D eigenvalue weighted by Gasteiger charge is -2.22. The van der Waals surface area contributed by atoms with E-state index in [9.17, 15) is 18.4 Å². The number of nitrogens with zero attached hydrogens (tertiary/aromatic N) is 1. The van der Waals surface area contributed by atoms with E-state index >= 15 is 0 Å². The summed E-state index contributed by atoms with van der Waals surface area (Å²) in [5.74, 6) is -1.35. The zero-order chi connectivity index (χ0) is 20.4. The summed E-state index contributed by atoms with van der Waals surface area (Å²) in [5.41, 5.74) is 1.27. The fraction of sp³-hybridized carbons (Fsp3) is 0.130. The van der Waals surface area contributed by atoms with Gasteiger partial charge in [0, 0.05) is 19.0 Å². The smallest absolute Gasteiger partial charge is 0.261 e. The first-order chi connectivity index (χ1) is 14.0. The molecule has 0 bridgehead atoms. The molecule has 0 radical (unpaired) electrons. The van der Waals surface area contributed by atoms with Gasteiger partial charge in [0.1, 0.15) is 23.5 Å². The third-order valence-corrected chi connectivity index (χ3v) is 4.79. The lowest BCUT2D eigenvalue weighted by Crippen LogP contribution is -2.32. The number of amides is 2. The fourth-order valence-corrected chi connectivity index (χ4v) is 3.39. The Labute approximate surface area is 166 Å². The van der Waals surface area contributed by atoms with Crippen LogP contribution in [0, 0.1) is 11.6 Å². The SMILES string of the molecule is O=C1c2ccccc2C(=O)N1CCC(Oc1cccc(F)c1)c1cccc(F)c1. The Kier molecular flexibility index (Phi) is 5.08. The summed E-state index contributed by atoms with van der Waals surface area (Å²) < 4.78 is 33.2. The molecule has 1 atom stereocenters. The van der Waals surface area contributed by atoms with E-state index < -0.39 is 17.7 Å². The lowest BCUT2D eigenvalue weighted by molar-refractivity contribution is 0.0629. The van der Waals surface area contributed by atoms with Crippen molar-refractivity contribution < 1.29 is 23.1 Å². The topological polar surface area (TPSA) is 46.6 Å². The Bertz CT molecular complexity index is 1050. The summed E-state index contributed by atoms with van der Waals surface area (Å²) in [7, 11) is 0. The predicted octanol–water partition coefficient (Wildman–Crippen LogP) is 4.77. The van der Waals surface area contributed by atoms with Gasteiger partial charge in [-0.15, -0.1) is 0 Å². The Hall–Kier alpha value is -3.54. The van der Waals surface area contributed by atoms with Crippen molar-refractivity contribution in [1.82, 2.24) is 4.90 Å². The molecule has 29 heavy (non-hydrogen) atoms. The molecule has 0 spiro atoms. The van der Waals surface area contributed by atoms with Crippen LogP contribution in [0.15, 0.2) is 72.8 Å². The van der Waals surface area contributed by atoms with Gasteiger partial charge in [0.05, 0.1) is 11.1 Å². The fourth-order valence-electron chi connectivity index (χ4n) is 3.39. The molecule has 0 aliphatic carbocycles. The third kappa shape index (κ3) is 3.87. The van der Waals surface area contributed by atoms with Crippen molar-refractivity contribution in [2.24, 2.45) is 0 Å². The Morgan fingerprint density at radius 1 is 0.793 bits per heavy atom. The first-order valence-corrected chi connectivity index (χ1v) is 9.16. The standard InChI is InChI=1S/C23H17F2NO3/c24-16-6-3-5-15(13-16)21(29-18-8-4-7-17(25)14-18)11-12-26-22(27)19-9-1-2-10-20(19)23(26)28/h1-10,13-14,21H,11-12H2. The highest BCUT2D eigenvalue weighted by molar-refractivity contribution is 6.21. The molecule has 0 saturated heterocycles. The zero-order valence-corrected chi connectivity index (χ0v) is 15.3. The van der Waals surface area contributed by atoms with Gasteiger partial charge < -0.3 is 4.74 Å². The third-order valence-electron chi connectivity index (χ3n) is 4.79. The van der Waals surface area contributed by atoms with E-state index in [0.717, 1.165) is 4.90 Å². The Balaban J connectivity index is 1.56. The van der Waals surface area contributed by atoms with Gasteiger partial charge in [0.25, 0.3) is 11.8 Å². The number of hydrogen-bond acceptors (Lipinski definition) is 3. The van der Waals surface area contributed by atoms with Crippen molar-refractivity contribution in [2.45, 2.75) is 12.5 Å². The van der Waals surface area contributed by atoms with Gasteiger partial charge in [0.2, 0.25) is 0 Å². The first-order valence-electron chi connectivity index (χ1n) is 9.16. The van der Waals surface area contributed by atoms with Gasteiger partial charge in [-0.25, -0.2) is 8.78 Å². The second-order valence-electron chi connectivity index (χ2n) is 6.72. The maximum atomic E-state index is 13.7. The molecule has 6 heteroatoms. The van der Waals surface area contributed by atoms with Crippen LogP contribution in [-0.2, 0) is 0 Å². The number of carbonyl (C=O) groups excluding carboxylic acids is 2. The number of imide groups is 1. The van der Waals surface area contributed by atoms with E-state index in [1.807, 2.05) is 0 Å². The van der Waals surface area contributed by atoms with Gasteiger partial charge in [-0.3, -0.25) is 14.5 Å². The highest BCUT2D eigenvalue weighted by Gasteiger charge is 2.35. The minimum atomic E-state index is -0.670. The van der Waals surface area contributed by atoms with Crippen molar-refractivity contribution in [3.63, 3.8) is 0 Å². The molecule has 3 aromatic rings. The molecule has 146 valence electrons. The van der Waals surface area contributed by atoms with Crippen molar-refractivity contribution in [3.8, 4) is 5.75 Å². The van der Waals surface area contributed by atoms with Crippen LogP contribution in [0.1, 0.15) is 38.8 Å². The normalized spacial score (nSPS) is 14.1. The van der Waals surface area contributed by atoms with Crippen molar-refractivity contribution in [3.05, 3.63) is 101 Å². The Morgan fingerprint density at radius 2 is 1.41 bits per heavy atom. The number of benzene rings is 3. The number of rotatable bonds is 6. The van der Waals surface area contributed by atoms with Gasteiger partial charge in [-0.05, 0) is 42.0 Å². The number of ether oxygens (including phenoxy) is 1. The van der Waals surface area contributed by atoms with Crippen molar-refractivity contribution in [1.29, 1.82) is 0 Å². The van der Waals surface area contributed by atoms with E-state index in [2.05, 4.69) is 0 Å². The van der Waals surface area contributed by atoms with Gasteiger partial charge in [0.15, 0.2) is 0 Å². The Morgan fingerprint density at radius 3 is 2.03 bits per heavy atom. The summed E-state index contributed by atoms with van der Waals surface area (Å²) >= 11 is 0. The second-order valence-corrected chi connectivity index (χ2v) is 6.72. The molecule has 1 heterocycles. The average molecular weight is 393 g/mol. The summed E-state index contributed by atoms with van der Waals surface area (Å²) in [5, 5.41) is 0. The number of carbonyl (C=O) groups is 2. The van der Waals surface area contributed by atoms with Crippen LogP contribution < -0.4 is 4.74 Å². The molecular formula is C23H17F2NO3. The van der Waals surface area contributed by atoms with Crippen molar-refractivity contribution >= 4 is 11.8 Å². The molecule has 1 aliphatic rings. The average Bonchev–Trinajstić information content (AvgIpc) is 2.96. The second kappa shape index (κ2) is 7.83. The zero-order valence-electron chi connectivity index (χ0n) is 15.3. The minimum absolute atomic E-state index is 0.0862. The van der Waals surface area contributed by atoms with Crippen LogP contribution in [0.5, 0.6) is 5.75 Å². The maximum absolute atomic E-state index is 13.7. The molecule has 2 amide bonds. The van der Waals surface area contributed by atoms with E-state index in [4.69, 9.17) is 4.74 Å². The quantitative estimate of drug-likeness (QED) is 0.567. The molecular weight excluding hydrogens is 376 g/mol. The molecule has 0 saturated carbocycles. The van der Waals surface area contributed by atoms with Crippen LogP contribution >= 0.6 is 0 Å². The van der Waals surface area contributed by atoms with Crippen LogP contribution in [0.2, 0.25) is 0 Å². The molecule has 1 unspecified atom stereocenters. The van der Waals surface area contributed by atoms with Crippen molar-refractivity contribution in [2.75, 3.05) is 6.54 Å². The molecule has 0 fully saturated rings. The molecule has 4 nitrogen and oxygen atoms in total. The molecule has 1 aliphatic heterocycles. The van der Waals surface area contributed by atoms with E-state index in [1.54, 1.807) is 42.5 Å². The number of hydrogen-bond donors (Lipinski definition) is 0. The van der Waals surface area contributed by atoms with Crippen LogP contribution in [0.3, 0.4) is 0 Å². The maximum Gasteiger partial charge on any atom is 0.261 e. The number of halogens is 2. The van der Waals surface area contributed by atoms with Gasteiger partial charge >= 0.3 is 0 Å². The highest BCUT2D eigenvalue weighted by Crippen LogP contribution is 2.28. The molecule has 0 N–H and O–H groups in total. The summed E-state index contributed by atoms with van der Waals surface area (Å²) in [6.45, 7) is 0.0862. The van der Waals surface area contributed by atoms with E-state index in [1.165, 1.54) is 30.3 Å². The summed E-state index contributed by atoms with van der Waals surface area (Å²) in [6, 6.07) is 18.1. The van der Waals surface area contributed by atoms with Crippen LogP contribution in [0.25, 0.3) is 0 Å². The van der Waals surface area contributed by atoms with Crippen LogP contribution in [-0.4, -0.2) is 23.3 Å². The summed E-state index contributed by atoms with van der Waals surface area (Å²) in [4.78, 5) is 26.3. The van der Waals surface area contributed by atoms with Gasteiger partial charge in [-0.1, -0.05) is 30.3 Å². The highest BCUT2D eigenvalue weighted by atomic mass is 19.1. The largest absolute Gasteiger partial charge is 0.486 e. The molecule has 4 rings (SSSR count). The lowest BCUT2D eigenvalue weighted by atomic mass is 10.1. The van der Waals surface area contributed by atoms with E-state index in [0.29, 0.717) is 16.7 Å². The first kappa shape index (κ1) is 18.8.